The van der Waals surface area contributed by atoms with Crippen molar-refractivity contribution >= 4 is 0 Å². The zero-order valence-corrected chi connectivity index (χ0v) is 9.63. The lowest BCUT2D eigenvalue weighted by Gasteiger charge is -2.21. The van der Waals surface area contributed by atoms with E-state index in [2.05, 4.69) is 37.1 Å². The van der Waals surface area contributed by atoms with E-state index in [1.165, 1.54) is 44.2 Å². The van der Waals surface area contributed by atoms with Gasteiger partial charge in [-0.25, -0.2) is 0 Å². The molecule has 80 valence electrons. The molecule has 0 amide bonds. The highest BCUT2D eigenvalue weighted by atomic mass is 15.1. The van der Waals surface area contributed by atoms with E-state index in [0.717, 1.165) is 6.54 Å². The zero-order chi connectivity index (χ0) is 10.2. The molecule has 0 N–H and O–H groups in total. The van der Waals surface area contributed by atoms with Crippen LogP contribution in [0.1, 0.15) is 46.0 Å². The molecule has 14 heavy (non-hydrogen) atoms. The SMILES string of the molecule is CCCCCCCN1C=CC(C)=CC1. The van der Waals surface area contributed by atoms with E-state index in [4.69, 9.17) is 0 Å². The Morgan fingerprint density at radius 2 is 2.00 bits per heavy atom. The van der Waals surface area contributed by atoms with Crippen LogP contribution in [0.4, 0.5) is 0 Å². The lowest BCUT2D eigenvalue weighted by atomic mass is 10.1. The lowest BCUT2D eigenvalue weighted by Crippen LogP contribution is -2.20. The van der Waals surface area contributed by atoms with Crippen molar-refractivity contribution in [3.63, 3.8) is 0 Å². The van der Waals surface area contributed by atoms with Crippen LogP contribution in [0, 0.1) is 0 Å². The summed E-state index contributed by atoms with van der Waals surface area (Å²) < 4.78 is 0. The van der Waals surface area contributed by atoms with E-state index in [1.807, 2.05) is 0 Å². The molecule has 1 rings (SSSR count). The fourth-order valence-electron chi connectivity index (χ4n) is 1.70. The Labute approximate surface area is 88.5 Å². The Kier molecular flexibility index (Phi) is 5.43. The van der Waals surface area contributed by atoms with Gasteiger partial charge in [0.25, 0.3) is 0 Å². The summed E-state index contributed by atoms with van der Waals surface area (Å²) in [7, 11) is 0. The molecule has 0 fully saturated rings. The van der Waals surface area contributed by atoms with Crippen molar-refractivity contribution in [3.05, 3.63) is 23.9 Å². The fraction of sp³-hybridized carbons (Fsp3) is 0.692. The van der Waals surface area contributed by atoms with Gasteiger partial charge in [-0.1, -0.05) is 44.3 Å². The molecule has 1 aliphatic rings. The van der Waals surface area contributed by atoms with Gasteiger partial charge >= 0.3 is 0 Å². The monoisotopic (exact) mass is 193 g/mol. The van der Waals surface area contributed by atoms with Crippen LogP contribution in [0.5, 0.6) is 0 Å². The number of nitrogens with zero attached hydrogens (tertiary/aromatic N) is 1. The first-order chi connectivity index (χ1) is 6.83. The van der Waals surface area contributed by atoms with E-state index < -0.39 is 0 Å². The van der Waals surface area contributed by atoms with Crippen molar-refractivity contribution in [2.75, 3.05) is 13.1 Å². The molecule has 1 aliphatic heterocycles. The summed E-state index contributed by atoms with van der Waals surface area (Å²) in [6, 6.07) is 0. The molecule has 0 radical (unpaired) electrons. The summed E-state index contributed by atoms with van der Waals surface area (Å²) in [6.45, 7) is 6.76. The van der Waals surface area contributed by atoms with Crippen molar-refractivity contribution in [3.8, 4) is 0 Å². The highest BCUT2D eigenvalue weighted by Crippen LogP contribution is 2.08. The molecule has 1 heterocycles. The fourth-order valence-corrected chi connectivity index (χ4v) is 1.70. The summed E-state index contributed by atoms with van der Waals surface area (Å²) in [5, 5.41) is 0. The predicted molar refractivity (Wildman–Crippen MR) is 63.2 cm³/mol. The van der Waals surface area contributed by atoms with Crippen LogP contribution in [0.2, 0.25) is 0 Å². The highest BCUT2D eigenvalue weighted by molar-refractivity contribution is 5.19. The number of hydrogen-bond donors (Lipinski definition) is 0. The highest BCUT2D eigenvalue weighted by Gasteiger charge is 2.00. The first-order valence-corrected chi connectivity index (χ1v) is 5.92. The molecule has 0 unspecified atom stereocenters. The molecule has 0 aromatic heterocycles. The topological polar surface area (TPSA) is 3.24 Å². The molecule has 0 saturated carbocycles. The second-order valence-electron chi connectivity index (χ2n) is 4.17. The van der Waals surface area contributed by atoms with Gasteiger partial charge in [0, 0.05) is 13.1 Å². The first-order valence-electron chi connectivity index (χ1n) is 5.92. The van der Waals surface area contributed by atoms with Gasteiger partial charge in [-0.3, -0.25) is 0 Å². The largest absolute Gasteiger partial charge is 0.374 e. The Morgan fingerprint density at radius 3 is 2.64 bits per heavy atom. The molecule has 0 aromatic carbocycles. The number of rotatable bonds is 6. The van der Waals surface area contributed by atoms with Crippen molar-refractivity contribution in [2.45, 2.75) is 46.0 Å². The second kappa shape index (κ2) is 6.69. The zero-order valence-electron chi connectivity index (χ0n) is 9.63. The maximum Gasteiger partial charge on any atom is 0.0359 e. The second-order valence-corrected chi connectivity index (χ2v) is 4.17. The molecular formula is C13H23N. The standard InChI is InChI=1S/C13H23N/c1-3-4-5-6-7-10-14-11-8-13(2)9-12-14/h8-9,11H,3-7,10,12H2,1-2H3. The van der Waals surface area contributed by atoms with Crippen LogP contribution in [-0.2, 0) is 0 Å². The minimum Gasteiger partial charge on any atom is -0.374 e. The van der Waals surface area contributed by atoms with Crippen LogP contribution in [0.25, 0.3) is 0 Å². The molecule has 0 aliphatic carbocycles. The smallest absolute Gasteiger partial charge is 0.0359 e. The molecule has 0 aromatic rings. The number of hydrogen-bond acceptors (Lipinski definition) is 1. The predicted octanol–water partition coefficient (Wildman–Crippen LogP) is 3.73. The van der Waals surface area contributed by atoms with Gasteiger partial charge in [0.2, 0.25) is 0 Å². The van der Waals surface area contributed by atoms with E-state index in [0.29, 0.717) is 0 Å². The average Bonchev–Trinajstić information content (AvgIpc) is 2.21. The third-order valence-corrected chi connectivity index (χ3v) is 2.74. The summed E-state index contributed by atoms with van der Waals surface area (Å²) in [5.74, 6) is 0. The van der Waals surface area contributed by atoms with Gasteiger partial charge in [-0.05, 0) is 25.6 Å². The van der Waals surface area contributed by atoms with E-state index in [-0.39, 0.29) is 0 Å². The summed E-state index contributed by atoms with van der Waals surface area (Å²) in [6.07, 6.45) is 13.6. The Hall–Kier alpha value is -0.720. The lowest BCUT2D eigenvalue weighted by molar-refractivity contribution is 0.391. The minimum atomic E-state index is 1.11. The van der Waals surface area contributed by atoms with Crippen LogP contribution in [0.3, 0.4) is 0 Å². The van der Waals surface area contributed by atoms with Crippen molar-refractivity contribution < 1.29 is 0 Å². The molecule has 0 atom stereocenters. The van der Waals surface area contributed by atoms with Gasteiger partial charge in [-0.15, -0.1) is 0 Å². The average molecular weight is 193 g/mol. The van der Waals surface area contributed by atoms with Crippen molar-refractivity contribution in [1.82, 2.24) is 4.90 Å². The van der Waals surface area contributed by atoms with E-state index in [1.54, 1.807) is 0 Å². The molecule has 1 nitrogen and oxygen atoms in total. The summed E-state index contributed by atoms with van der Waals surface area (Å²) in [4.78, 5) is 2.40. The molecular weight excluding hydrogens is 170 g/mol. The Morgan fingerprint density at radius 1 is 1.21 bits per heavy atom. The van der Waals surface area contributed by atoms with Crippen LogP contribution in [0.15, 0.2) is 23.9 Å². The van der Waals surface area contributed by atoms with Gasteiger partial charge in [0.15, 0.2) is 0 Å². The van der Waals surface area contributed by atoms with Crippen molar-refractivity contribution in [1.29, 1.82) is 0 Å². The third-order valence-electron chi connectivity index (χ3n) is 2.74. The minimum absolute atomic E-state index is 1.11. The molecule has 1 heteroatoms. The maximum absolute atomic E-state index is 2.40. The Bertz CT molecular complexity index is 203. The van der Waals surface area contributed by atoms with Gasteiger partial charge in [0.1, 0.15) is 0 Å². The summed E-state index contributed by atoms with van der Waals surface area (Å²) >= 11 is 0. The van der Waals surface area contributed by atoms with Crippen molar-refractivity contribution in [2.24, 2.45) is 0 Å². The van der Waals surface area contributed by atoms with Gasteiger partial charge in [-0.2, -0.15) is 0 Å². The maximum atomic E-state index is 2.40. The van der Waals surface area contributed by atoms with Crippen LogP contribution >= 0.6 is 0 Å². The first kappa shape index (κ1) is 11.4. The van der Waals surface area contributed by atoms with Gasteiger partial charge < -0.3 is 4.90 Å². The third kappa shape index (κ3) is 4.50. The molecule has 0 saturated heterocycles. The Balaban J connectivity index is 2.01. The summed E-state index contributed by atoms with van der Waals surface area (Å²) in [5.41, 5.74) is 1.40. The normalized spacial score (nSPS) is 15.9. The number of unbranched alkanes of at least 4 members (excludes halogenated alkanes) is 4. The molecule has 0 spiro atoms. The van der Waals surface area contributed by atoms with Crippen LogP contribution in [-0.4, -0.2) is 18.0 Å². The quantitative estimate of drug-likeness (QED) is 0.581. The van der Waals surface area contributed by atoms with E-state index >= 15 is 0 Å². The molecule has 0 bridgehead atoms. The van der Waals surface area contributed by atoms with E-state index in [9.17, 15) is 0 Å². The van der Waals surface area contributed by atoms with Gasteiger partial charge in [0.05, 0.1) is 0 Å². The van der Waals surface area contributed by atoms with Crippen LogP contribution < -0.4 is 0 Å². The number of allylic oxidation sites excluding steroid dienone is 2.